The van der Waals surface area contributed by atoms with Crippen LogP contribution in [0.3, 0.4) is 0 Å². The van der Waals surface area contributed by atoms with Crippen LogP contribution in [0.4, 0.5) is 0 Å². The number of hydrogen-bond acceptors (Lipinski definition) is 23. The van der Waals surface area contributed by atoms with Crippen molar-refractivity contribution in [1.82, 2.24) is 19.9 Å². The molecule has 2 fully saturated rings. The molecular weight excluding hydrogens is 1210 g/mol. The van der Waals surface area contributed by atoms with Crippen LogP contribution in [-0.2, 0) is 87.4 Å². The predicted molar refractivity (Wildman–Crippen MR) is 338 cm³/mol. The fraction of sp³-hybridized carbons (Fsp3) is 0.594. The number of carbonyl (C=O) groups is 8. The zero-order chi connectivity index (χ0) is 65.0. The Hall–Kier alpha value is -6.25. The van der Waals surface area contributed by atoms with Gasteiger partial charge in [0.1, 0.15) is 36.3 Å². The summed E-state index contributed by atoms with van der Waals surface area (Å²) in [6.07, 6.45) is -2.40. The minimum atomic E-state index is -1.27. The first-order valence-corrected chi connectivity index (χ1v) is 33.2. The van der Waals surface area contributed by atoms with Crippen LogP contribution in [0, 0.1) is 20.8 Å². The number of carbonyl (C=O) groups excluding carboxylic acids is 8. The lowest BCUT2D eigenvalue weighted by atomic mass is 9.86. The normalized spacial score (nSPS) is 22.8. The minimum absolute atomic E-state index is 0.0435. The second-order valence-corrected chi connectivity index (χ2v) is 26.2. The number of methoxy groups -OCH3 is 1. The number of aromatic amines is 2. The Labute approximate surface area is 531 Å². The number of aryl methyl sites for hydroxylation is 4. The molecule has 3 aromatic heterocycles. The Morgan fingerprint density at radius 1 is 0.685 bits per heavy atom. The van der Waals surface area contributed by atoms with Crippen LogP contribution in [0.25, 0.3) is 33.2 Å². The third-order valence-corrected chi connectivity index (χ3v) is 19.5. The quantitative estimate of drug-likeness (QED) is 0.0453. The van der Waals surface area contributed by atoms with E-state index >= 15 is 0 Å². The van der Waals surface area contributed by atoms with E-state index in [0.717, 1.165) is 62.2 Å². The fourth-order valence-electron chi connectivity index (χ4n) is 11.8. The van der Waals surface area contributed by atoms with Crippen molar-refractivity contribution in [3.63, 3.8) is 0 Å². The highest BCUT2D eigenvalue weighted by Crippen LogP contribution is 2.44. The van der Waals surface area contributed by atoms with Gasteiger partial charge in [0.05, 0.1) is 41.8 Å². The van der Waals surface area contributed by atoms with Crippen LogP contribution in [0.5, 0.6) is 0 Å². The summed E-state index contributed by atoms with van der Waals surface area (Å²) in [5.41, 5.74) is 10.5. The summed E-state index contributed by atoms with van der Waals surface area (Å²) >= 11 is 4.15. The number of aromatic nitrogens is 4. The molecule has 7 rings (SSSR count). The van der Waals surface area contributed by atoms with Gasteiger partial charge in [-0.25, -0.2) is 9.78 Å². The zero-order valence-electron chi connectivity index (χ0n) is 53.2. The minimum Gasteiger partial charge on any atom is -0.465 e. The van der Waals surface area contributed by atoms with Crippen molar-refractivity contribution in [3.8, 4) is 0 Å². The molecule has 2 unspecified atom stereocenters. The predicted octanol–water partition coefficient (Wildman–Crippen LogP) is 10.2. The molecule has 0 amide bonds. The lowest BCUT2D eigenvalue weighted by molar-refractivity contribution is -0.237. The maximum Gasteiger partial charge on any atom is 0.340 e. The first-order chi connectivity index (χ1) is 42.3. The van der Waals surface area contributed by atoms with Crippen LogP contribution in [0.1, 0.15) is 175 Å². The SMILES string of the molecule is CCc1c(C)c2cc3nc(cc4nc(c(C)c5[nH]c(cc1[nH]2)c(C)c5C(=O)OC)[C@@H](CCC(=O)SCCCS[C@H]1C[C@@H](OC(C)=O)C[C@@H](COC(C)=O)O1)[C@@H]4C)C(C)=C3C(C)OCCCSC1O[C@H](COC(C)=O)[C@@H](OC(C)=O)[C@H](OC(C)=O)[C@H]1OC(C)=O. The maximum atomic E-state index is 13.8. The first kappa shape index (κ1) is 70.2. The fourth-order valence-corrected chi connectivity index (χ4v) is 15.1. The Bertz CT molecular complexity index is 3340. The number of fused-ring (bicyclic) bond motifs is 8. The van der Waals surface area contributed by atoms with Crippen molar-refractivity contribution in [2.75, 3.05) is 44.2 Å². The molecule has 25 heteroatoms. The van der Waals surface area contributed by atoms with E-state index in [0.29, 0.717) is 77.4 Å². The standard InChI is InChI=1S/C64H84N4O18S3/c1-15-45-31(2)47-28-52-56(36(7)78-20-16-21-89-64-62(84-42(13)74)61(83-41(12)73)60(82-40(11)72)53(86-64)30-80-38(9)70)33(4)49(66-52)26-48-32(3)46(58(67-48)35(6)59-57(63(76)77-14)34(5)50(68-59)27-51(45)65-47)18-19-54(75)87-22-17-23-88-55-25-43(81-39(10)71)24-44(85-55)29-79-37(8)69/h26-28,32,36,43-44,46,53,55,60-62,64-65,68H,15-25,29-30H2,1-14H3/t32-,36?,43-,44-,46-,53+,55-,60+,61-,62+,64?/m0/s1. The second-order valence-electron chi connectivity index (χ2n) is 22.6. The van der Waals surface area contributed by atoms with Crippen molar-refractivity contribution >= 4 is 115 Å². The number of allylic oxidation sites excluding steroid dienone is 1. The van der Waals surface area contributed by atoms with Gasteiger partial charge in [0.15, 0.2) is 23.4 Å². The average Bonchev–Trinajstić information content (AvgIpc) is 3.41. The van der Waals surface area contributed by atoms with Crippen molar-refractivity contribution in [2.45, 2.75) is 200 Å². The molecule has 8 bridgehead atoms. The van der Waals surface area contributed by atoms with Gasteiger partial charge in [-0.1, -0.05) is 25.6 Å². The number of hydrogen-bond donors (Lipinski definition) is 2. The van der Waals surface area contributed by atoms with E-state index in [1.54, 1.807) is 11.8 Å². The molecule has 4 aliphatic heterocycles. The molecule has 7 heterocycles. The summed E-state index contributed by atoms with van der Waals surface area (Å²) in [7, 11) is 1.37. The highest BCUT2D eigenvalue weighted by atomic mass is 32.2. The number of esters is 7. The molecule has 4 aliphatic rings. The molecule has 89 heavy (non-hydrogen) atoms. The van der Waals surface area contributed by atoms with E-state index in [-0.39, 0.29) is 60.7 Å². The molecular formula is C64H84N4O18S3. The lowest BCUT2D eigenvalue weighted by Crippen LogP contribution is -2.61. The van der Waals surface area contributed by atoms with Gasteiger partial charge in [-0.3, -0.25) is 38.5 Å². The molecule has 22 nitrogen and oxygen atoms in total. The van der Waals surface area contributed by atoms with Gasteiger partial charge in [0.2, 0.25) is 0 Å². The Kier molecular flexibility index (Phi) is 25.4. The van der Waals surface area contributed by atoms with Gasteiger partial charge in [0, 0.05) is 119 Å². The van der Waals surface area contributed by atoms with Gasteiger partial charge in [-0.15, -0.1) is 23.5 Å². The molecule has 2 saturated heterocycles. The topological polar surface area (TPSA) is 286 Å². The number of H-pyrrole nitrogens is 2. The van der Waals surface area contributed by atoms with E-state index in [1.807, 2.05) is 45.9 Å². The average molecular weight is 1290 g/mol. The van der Waals surface area contributed by atoms with Crippen LogP contribution >= 0.6 is 35.3 Å². The van der Waals surface area contributed by atoms with E-state index in [4.69, 9.17) is 57.3 Å². The van der Waals surface area contributed by atoms with E-state index in [9.17, 15) is 38.4 Å². The smallest absolute Gasteiger partial charge is 0.340 e. The summed E-state index contributed by atoms with van der Waals surface area (Å²) in [4.78, 5) is 118. The molecule has 3 aromatic rings. The molecule has 0 radical (unpaired) electrons. The lowest BCUT2D eigenvalue weighted by Gasteiger charge is -2.44. The van der Waals surface area contributed by atoms with E-state index in [1.165, 1.54) is 72.2 Å². The largest absolute Gasteiger partial charge is 0.465 e. The number of nitrogens with one attached hydrogen (secondary N) is 2. The summed E-state index contributed by atoms with van der Waals surface area (Å²) in [6, 6.07) is 6.08. The Morgan fingerprint density at radius 3 is 2.00 bits per heavy atom. The second kappa shape index (κ2) is 32.2. The maximum absolute atomic E-state index is 13.8. The summed E-state index contributed by atoms with van der Waals surface area (Å²) < 4.78 is 57.4. The van der Waals surface area contributed by atoms with Crippen LogP contribution in [0.2, 0.25) is 0 Å². The number of thioether (sulfide) groups is 3. The van der Waals surface area contributed by atoms with Crippen molar-refractivity contribution in [1.29, 1.82) is 0 Å². The molecule has 0 spiro atoms. The Balaban J connectivity index is 1.14. The number of nitrogens with zero attached hydrogens (tertiary/aromatic N) is 2. The molecule has 0 aromatic carbocycles. The third kappa shape index (κ3) is 18.3. The molecule has 0 aliphatic carbocycles. The van der Waals surface area contributed by atoms with Gasteiger partial charge >= 0.3 is 41.8 Å². The van der Waals surface area contributed by atoms with Gasteiger partial charge in [-0.2, -0.15) is 0 Å². The van der Waals surface area contributed by atoms with Gasteiger partial charge in [-0.05, 0) is 118 Å². The summed E-state index contributed by atoms with van der Waals surface area (Å²) in [6.45, 7) is 21.6. The number of ether oxygens (including phenoxy) is 10. The first-order valence-electron chi connectivity index (χ1n) is 30.1. The van der Waals surface area contributed by atoms with Crippen molar-refractivity contribution in [3.05, 3.63) is 68.8 Å². The van der Waals surface area contributed by atoms with Crippen LogP contribution in [-0.4, -0.2) is 165 Å². The van der Waals surface area contributed by atoms with Crippen molar-refractivity contribution in [2.24, 2.45) is 0 Å². The van der Waals surface area contributed by atoms with Crippen molar-refractivity contribution < 1.29 is 85.7 Å². The van der Waals surface area contributed by atoms with Gasteiger partial charge in [0.25, 0.3) is 0 Å². The van der Waals surface area contributed by atoms with E-state index < -0.39 is 77.9 Å². The zero-order valence-corrected chi connectivity index (χ0v) is 55.7. The van der Waals surface area contributed by atoms with Gasteiger partial charge < -0.3 is 57.3 Å². The summed E-state index contributed by atoms with van der Waals surface area (Å²) in [5.74, 6) is -2.69. The molecule has 11 atom stereocenters. The monoisotopic (exact) mass is 1290 g/mol. The van der Waals surface area contributed by atoms with E-state index in [2.05, 4.69) is 30.7 Å². The van der Waals surface area contributed by atoms with Crippen LogP contribution < -0.4 is 0 Å². The number of rotatable bonds is 25. The molecule has 486 valence electrons. The summed E-state index contributed by atoms with van der Waals surface area (Å²) in [5, 5.41) is 0.0435. The highest BCUT2D eigenvalue weighted by molar-refractivity contribution is 8.13. The van der Waals surface area contributed by atoms with Crippen LogP contribution in [0.15, 0.2) is 18.2 Å². The highest BCUT2D eigenvalue weighted by Gasteiger charge is 2.52. The third-order valence-electron chi connectivity index (χ3n) is 16.0. The molecule has 0 saturated carbocycles. The Morgan fingerprint density at radius 2 is 1.34 bits per heavy atom. The molecule has 2 N–H and O–H groups in total.